The van der Waals surface area contributed by atoms with Crippen molar-refractivity contribution in [1.82, 2.24) is 14.5 Å². The molecule has 1 spiro atoms. The molecule has 0 bridgehead atoms. The first-order chi connectivity index (χ1) is 13.2. The van der Waals surface area contributed by atoms with Crippen molar-refractivity contribution in [3.8, 4) is 0 Å². The van der Waals surface area contributed by atoms with Gasteiger partial charge in [0, 0.05) is 31.5 Å². The molecule has 27 heavy (non-hydrogen) atoms. The van der Waals surface area contributed by atoms with Crippen molar-refractivity contribution in [2.24, 2.45) is 0 Å². The number of para-hydroxylation sites is 2. The molecule has 3 heterocycles. The molecule has 0 saturated carbocycles. The second kappa shape index (κ2) is 5.94. The number of rotatable bonds is 2. The number of piperidine rings is 1. The van der Waals surface area contributed by atoms with Crippen molar-refractivity contribution in [1.29, 1.82) is 0 Å². The maximum absolute atomic E-state index is 12.8. The topological polar surface area (TPSA) is 64.4 Å². The van der Waals surface area contributed by atoms with E-state index in [9.17, 15) is 9.59 Å². The molecule has 2 aromatic carbocycles. The minimum absolute atomic E-state index is 0.0608. The van der Waals surface area contributed by atoms with Gasteiger partial charge in [0.25, 0.3) is 0 Å². The molecule has 0 radical (unpaired) electrons. The fourth-order valence-electron chi connectivity index (χ4n) is 4.22. The van der Waals surface area contributed by atoms with Crippen molar-refractivity contribution in [3.63, 3.8) is 0 Å². The Morgan fingerprint density at radius 2 is 1.81 bits per heavy atom. The number of nitrogens with zero attached hydrogens (tertiary/aromatic N) is 3. The number of hydrogen-bond acceptors (Lipinski definition) is 4. The van der Waals surface area contributed by atoms with E-state index in [0.717, 1.165) is 16.6 Å². The third-order valence-corrected chi connectivity index (χ3v) is 5.68. The Kier molecular flexibility index (Phi) is 3.53. The van der Waals surface area contributed by atoms with Crippen molar-refractivity contribution in [2.45, 2.75) is 25.0 Å². The fraction of sp³-hybridized carbons (Fsp3) is 0.286. The molecule has 1 aromatic heterocycles. The van der Waals surface area contributed by atoms with Crippen molar-refractivity contribution >= 4 is 22.9 Å². The van der Waals surface area contributed by atoms with Crippen LogP contribution >= 0.6 is 0 Å². The van der Waals surface area contributed by atoms with Gasteiger partial charge in [0.2, 0.25) is 5.91 Å². The average molecular weight is 361 g/mol. The van der Waals surface area contributed by atoms with E-state index in [1.807, 2.05) is 58.0 Å². The molecule has 2 aliphatic rings. The number of likely N-dealkylation sites (tertiary alicyclic amines) is 1. The van der Waals surface area contributed by atoms with Gasteiger partial charge in [-0.15, -0.1) is 0 Å². The van der Waals surface area contributed by atoms with Crippen LogP contribution in [0.15, 0.2) is 54.9 Å². The second-order valence-corrected chi connectivity index (χ2v) is 7.17. The lowest BCUT2D eigenvalue weighted by molar-refractivity contribution is -0.136. The van der Waals surface area contributed by atoms with Gasteiger partial charge < -0.3 is 14.2 Å². The van der Waals surface area contributed by atoms with Crippen LogP contribution in [0.3, 0.4) is 0 Å². The highest BCUT2D eigenvalue weighted by Gasteiger charge is 2.47. The Hall–Kier alpha value is -3.15. The van der Waals surface area contributed by atoms with E-state index in [4.69, 9.17) is 4.74 Å². The number of fused-ring (bicyclic) bond motifs is 3. The summed E-state index contributed by atoms with van der Waals surface area (Å²) in [6, 6.07) is 15.4. The van der Waals surface area contributed by atoms with Gasteiger partial charge in [-0.25, -0.2) is 9.78 Å². The summed E-state index contributed by atoms with van der Waals surface area (Å²) in [5, 5.41) is 0. The third kappa shape index (κ3) is 2.51. The maximum Gasteiger partial charge on any atom is 0.339 e. The first kappa shape index (κ1) is 16.1. The maximum atomic E-state index is 12.8. The zero-order valence-electron chi connectivity index (χ0n) is 14.8. The lowest BCUT2D eigenvalue weighted by Gasteiger charge is -2.38. The molecule has 0 N–H and O–H groups in total. The van der Waals surface area contributed by atoms with Crippen LogP contribution in [0.25, 0.3) is 11.0 Å². The molecule has 6 heteroatoms. The second-order valence-electron chi connectivity index (χ2n) is 7.17. The smallest absolute Gasteiger partial charge is 0.339 e. The van der Waals surface area contributed by atoms with Gasteiger partial charge in [-0.2, -0.15) is 0 Å². The van der Waals surface area contributed by atoms with Crippen LogP contribution in [-0.2, 0) is 21.7 Å². The molecule has 6 nitrogen and oxygen atoms in total. The molecule has 1 saturated heterocycles. The highest BCUT2D eigenvalue weighted by molar-refractivity contribution is 5.94. The lowest BCUT2D eigenvalue weighted by atomic mass is 9.84. The molecule has 5 rings (SSSR count). The molecule has 3 aromatic rings. The van der Waals surface area contributed by atoms with E-state index < -0.39 is 5.60 Å². The summed E-state index contributed by atoms with van der Waals surface area (Å²) in [6.45, 7) is 1.42. The molecule has 0 aliphatic carbocycles. The van der Waals surface area contributed by atoms with Crippen LogP contribution in [0.2, 0.25) is 0 Å². The molecule has 2 aliphatic heterocycles. The highest BCUT2D eigenvalue weighted by Crippen LogP contribution is 2.43. The summed E-state index contributed by atoms with van der Waals surface area (Å²) < 4.78 is 7.64. The highest BCUT2D eigenvalue weighted by atomic mass is 16.6. The van der Waals surface area contributed by atoms with Crippen LogP contribution in [-0.4, -0.2) is 39.4 Å². The van der Waals surface area contributed by atoms with Gasteiger partial charge in [0.05, 0.1) is 22.9 Å². The van der Waals surface area contributed by atoms with E-state index in [-0.39, 0.29) is 18.4 Å². The summed E-state index contributed by atoms with van der Waals surface area (Å²) in [5.41, 5.74) is 2.88. The molecular weight excluding hydrogens is 342 g/mol. The van der Waals surface area contributed by atoms with Gasteiger partial charge in [-0.05, 0) is 18.2 Å². The molecule has 0 atom stereocenters. The number of aromatic nitrogens is 2. The number of carbonyl (C=O) groups is 2. The van der Waals surface area contributed by atoms with Crippen LogP contribution in [0.4, 0.5) is 0 Å². The van der Waals surface area contributed by atoms with Crippen molar-refractivity contribution in [3.05, 3.63) is 66.0 Å². The quantitative estimate of drug-likeness (QED) is 0.659. The SMILES string of the molecule is O=C1OC2(CCN(C(=O)Cn3cnc4ccccc43)CC2)c2ccccc21. The Morgan fingerprint density at radius 3 is 2.67 bits per heavy atom. The van der Waals surface area contributed by atoms with E-state index in [0.29, 0.717) is 31.5 Å². The number of hydrogen-bond donors (Lipinski definition) is 0. The fourth-order valence-corrected chi connectivity index (χ4v) is 4.22. The number of amides is 1. The van der Waals surface area contributed by atoms with Gasteiger partial charge in [0.1, 0.15) is 12.1 Å². The molecule has 1 fully saturated rings. The summed E-state index contributed by atoms with van der Waals surface area (Å²) in [6.07, 6.45) is 2.97. The lowest BCUT2D eigenvalue weighted by Crippen LogP contribution is -2.46. The van der Waals surface area contributed by atoms with Crippen LogP contribution in [0.5, 0.6) is 0 Å². The van der Waals surface area contributed by atoms with Crippen molar-refractivity contribution < 1.29 is 14.3 Å². The Labute approximate surface area is 156 Å². The predicted molar refractivity (Wildman–Crippen MR) is 99.1 cm³/mol. The van der Waals surface area contributed by atoms with Crippen molar-refractivity contribution in [2.75, 3.05) is 13.1 Å². The first-order valence-corrected chi connectivity index (χ1v) is 9.17. The minimum Gasteiger partial charge on any atom is -0.450 e. The molecule has 136 valence electrons. The zero-order chi connectivity index (χ0) is 18.4. The normalized spacial score (nSPS) is 17.9. The molecule has 1 amide bonds. The van der Waals surface area contributed by atoms with Crippen LogP contribution < -0.4 is 0 Å². The number of benzene rings is 2. The van der Waals surface area contributed by atoms with E-state index in [2.05, 4.69) is 4.98 Å². The number of carbonyl (C=O) groups excluding carboxylic acids is 2. The zero-order valence-corrected chi connectivity index (χ0v) is 14.8. The monoisotopic (exact) mass is 361 g/mol. The minimum atomic E-state index is -0.577. The molecule has 0 unspecified atom stereocenters. The van der Waals surface area contributed by atoms with Crippen LogP contribution in [0.1, 0.15) is 28.8 Å². The number of imidazole rings is 1. The van der Waals surface area contributed by atoms with Gasteiger partial charge in [0.15, 0.2) is 0 Å². The van der Waals surface area contributed by atoms with Gasteiger partial charge in [-0.3, -0.25) is 4.79 Å². The van der Waals surface area contributed by atoms with E-state index in [1.54, 1.807) is 6.33 Å². The Morgan fingerprint density at radius 1 is 1.07 bits per heavy atom. The molecular formula is C21H19N3O3. The average Bonchev–Trinajstić information content (AvgIpc) is 3.22. The summed E-state index contributed by atoms with van der Waals surface area (Å²) in [5.74, 6) is -0.194. The standard InChI is InChI=1S/C21H19N3O3/c25-19(13-24-14-22-17-7-3-4-8-18(17)24)23-11-9-21(10-12-23)16-6-2-1-5-15(16)20(26)27-21/h1-8,14H,9-13H2. The summed E-state index contributed by atoms with van der Waals surface area (Å²) in [4.78, 5) is 31.2. The Balaban J connectivity index is 1.31. The Bertz CT molecular complexity index is 1050. The summed E-state index contributed by atoms with van der Waals surface area (Å²) in [7, 11) is 0. The first-order valence-electron chi connectivity index (χ1n) is 9.17. The van der Waals surface area contributed by atoms with E-state index >= 15 is 0 Å². The predicted octanol–water partition coefficient (Wildman–Crippen LogP) is 2.72. The van der Waals surface area contributed by atoms with Crippen LogP contribution in [0, 0.1) is 0 Å². The number of ether oxygens (including phenoxy) is 1. The van der Waals surface area contributed by atoms with Gasteiger partial charge in [-0.1, -0.05) is 30.3 Å². The number of esters is 1. The summed E-state index contributed by atoms with van der Waals surface area (Å²) >= 11 is 0. The van der Waals surface area contributed by atoms with E-state index in [1.165, 1.54) is 0 Å². The third-order valence-electron chi connectivity index (χ3n) is 5.68. The largest absolute Gasteiger partial charge is 0.450 e. The van der Waals surface area contributed by atoms with Gasteiger partial charge >= 0.3 is 5.97 Å².